The molecule has 7 amide bonds. The first-order valence-electron chi connectivity index (χ1n) is 36.1. The highest BCUT2D eigenvalue weighted by atomic mass is 16.8. The molecular weight excluding hydrogens is 1350 g/mol. The van der Waals surface area contributed by atoms with Gasteiger partial charge in [-0.15, -0.1) is 0 Å². The lowest BCUT2D eigenvalue weighted by molar-refractivity contribution is -0.311. The molecule has 1 aliphatic carbocycles. The number of aliphatic hydroxyl groups is 6. The van der Waals surface area contributed by atoms with E-state index in [1.54, 1.807) is 125 Å². The zero-order chi connectivity index (χ0) is 77.6. The third kappa shape index (κ3) is 33.2. The van der Waals surface area contributed by atoms with Crippen LogP contribution in [-0.2, 0) is 61.6 Å². The molecule has 0 unspecified atom stereocenters. The van der Waals surface area contributed by atoms with Gasteiger partial charge in [-0.1, -0.05) is 63.3 Å². The second-order valence-corrected chi connectivity index (χ2v) is 32.5. The highest BCUT2D eigenvalue weighted by molar-refractivity contribution is 5.76. The molecule has 32 nitrogen and oxygen atoms in total. The average Bonchev–Trinajstić information content (AvgIpc) is 1.74. The van der Waals surface area contributed by atoms with Crippen molar-refractivity contribution in [3.05, 3.63) is 24.3 Å². The van der Waals surface area contributed by atoms with Crippen LogP contribution in [0.2, 0.25) is 0 Å². The normalized spacial score (nSPS) is 29.5. The lowest BCUT2D eigenvalue weighted by Crippen LogP contribution is -2.70. The van der Waals surface area contributed by atoms with E-state index < -0.39 is 218 Å². The molecule has 594 valence electrons. The van der Waals surface area contributed by atoms with Crippen molar-refractivity contribution in [2.75, 3.05) is 19.6 Å². The van der Waals surface area contributed by atoms with E-state index in [1.165, 1.54) is 19.3 Å². The maximum absolute atomic E-state index is 14.1. The van der Waals surface area contributed by atoms with Gasteiger partial charge in [-0.3, -0.25) is 4.79 Å². The van der Waals surface area contributed by atoms with Gasteiger partial charge in [0.15, 0.2) is 18.9 Å². The molecule has 19 atom stereocenters. The number of ether oxygens (including phenoxy) is 12. The first-order valence-corrected chi connectivity index (χ1v) is 36.1. The van der Waals surface area contributed by atoms with Crippen molar-refractivity contribution < 1.29 is 121 Å². The van der Waals surface area contributed by atoms with Gasteiger partial charge < -0.3 is 125 Å². The third-order valence-electron chi connectivity index (χ3n) is 15.9. The van der Waals surface area contributed by atoms with Crippen molar-refractivity contribution in [2.24, 2.45) is 0 Å². The van der Waals surface area contributed by atoms with Crippen LogP contribution in [0.1, 0.15) is 215 Å². The maximum Gasteiger partial charge on any atom is 0.408 e. The molecule has 0 radical (unpaired) electrons. The summed E-state index contributed by atoms with van der Waals surface area (Å²) in [6.07, 6.45) is -15.2. The summed E-state index contributed by atoms with van der Waals surface area (Å²) in [7, 11) is 0. The van der Waals surface area contributed by atoms with Crippen LogP contribution < -0.4 is 37.2 Å². The number of rotatable bonds is 30. The second kappa shape index (κ2) is 40.2. The van der Waals surface area contributed by atoms with Crippen LogP contribution >= 0.6 is 0 Å². The Kier molecular flexibility index (Phi) is 34.9. The van der Waals surface area contributed by atoms with Crippen molar-refractivity contribution in [2.45, 2.75) is 365 Å². The number of alkyl carbamates (subject to hydrolysis) is 6. The number of unbranched alkanes of at least 4 members (excludes halogenated alkanes) is 8. The molecule has 3 heterocycles. The van der Waals surface area contributed by atoms with Gasteiger partial charge in [0.1, 0.15) is 119 Å². The molecule has 0 spiro atoms. The molecule has 4 fully saturated rings. The largest absolute Gasteiger partial charge is 0.444 e. The Morgan fingerprint density at radius 3 is 1.17 bits per heavy atom. The Morgan fingerprint density at radius 2 is 0.728 bits per heavy atom. The first-order chi connectivity index (χ1) is 47.6. The number of hydrogen-bond acceptors (Lipinski definition) is 25. The third-order valence-corrected chi connectivity index (χ3v) is 15.9. The topological polar surface area (TPSA) is 436 Å². The summed E-state index contributed by atoms with van der Waals surface area (Å²) >= 11 is 0. The maximum atomic E-state index is 14.1. The molecule has 4 rings (SSSR count). The number of aliphatic hydroxyl groups excluding tert-OH is 6. The highest BCUT2D eigenvalue weighted by Crippen LogP contribution is 2.37. The van der Waals surface area contributed by atoms with E-state index >= 15 is 0 Å². The van der Waals surface area contributed by atoms with Crippen LogP contribution in [0.25, 0.3) is 0 Å². The summed E-state index contributed by atoms with van der Waals surface area (Å²) in [4.78, 5) is 95.0. The van der Waals surface area contributed by atoms with E-state index in [-0.39, 0.29) is 6.42 Å². The SMILES string of the molecule is CCCCC/C=C\C/C=C\CCCCCCCC(=O)NC[C@H]1O[C@@H](O[C@@H]2[C@@H](O)[C@H](NC(=O)OC(C)(C)C)C[C@H](NC(=O)OC(C)(C)C)[C@H]2O[C@H]2O[C@H](CNC(=O)OC(C)(C)C)[C@@H](O)[C@H](O)[C@H]2NC(=O)OC(C)(C)C)[C@H](O)[C@@H]1O[C@H]1O[C@@H](CNC(=O)OC(C)(C)C)[C@@H](O)[C@H](O)[C@H]1NC(=O)OC(C)(C)C. The minimum absolute atomic E-state index is 0.0667. The zero-order valence-electron chi connectivity index (χ0n) is 64.0. The predicted octanol–water partition coefficient (Wildman–Crippen LogP) is 6.44. The molecule has 13 N–H and O–H groups in total. The zero-order valence-corrected chi connectivity index (χ0v) is 64.0. The summed E-state index contributed by atoms with van der Waals surface area (Å²) in [5, 5.41) is 90.9. The molecule has 1 saturated carbocycles. The number of hydrogen-bond donors (Lipinski definition) is 13. The molecule has 0 aromatic carbocycles. The summed E-state index contributed by atoms with van der Waals surface area (Å²) in [6, 6.07) is -6.49. The molecule has 0 bridgehead atoms. The number of allylic oxidation sites excluding steroid dienone is 4. The lowest BCUT2D eigenvalue weighted by atomic mass is 9.83. The quantitative estimate of drug-likeness (QED) is 0.0209. The van der Waals surface area contributed by atoms with Crippen molar-refractivity contribution in [3.8, 4) is 0 Å². The molecule has 3 aliphatic heterocycles. The Labute approximate surface area is 607 Å². The summed E-state index contributed by atoms with van der Waals surface area (Å²) in [5.74, 6) is -0.436. The standard InChI is InChI=1S/C71H125N7O25/c1-20-21-22-23-24-25-26-27-28-29-30-31-32-33-34-35-45(79)72-39-44-55(96-58-47(78-65(91)103-71(17,18)19)52(84)50(82)43(93-58)38-74-61(87)99-67(5,6)7)53(85)59(94-44)97-56-48(80)40(75-62(88)100-68(8,9)10)36-41(76-63(89)101-69(11,12)13)54(56)95-57-46(77-64(90)102-70(14,15)16)51(83)49(81)42(92-57)37-73-60(86)98-66(2,3)4/h24-25,27-28,40-44,46-59,80-85H,20-23,26,29-39H2,1-19H3,(H,72,79)(H,73,86)(H,74,87)(H,75,88)(H,76,89)(H,77,90)(H,78,91)/b25-24-,28-27-/t40-,41+,42-,43+,44-,46-,47-,48+,49-,50-,51-,52-,53-,54-,55-,56-,57-,58-,59+/m1/s1. The van der Waals surface area contributed by atoms with Crippen molar-refractivity contribution in [1.82, 2.24) is 37.2 Å². The molecule has 4 aliphatic rings. The second-order valence-electron chi connectivity index (χ2n) is 32.5. The molecule has 0 aromatic heterocycles. The van der Waals surface area contributed by atoms with Crippen LogP contribution in [0.3, 0.4) is 0 Å². The van der Waals surface area contributed by atoms with Crippen molar-refractivity contribution in [1.29, 1.82) is 0 Å². The van der Waals surface area contributed by atoms with Gasteiger partial charge in [0, 0.05) is 26.1 Å². The summed E-state index contributed by atoms with van der Waals surface area (Å²) in [6.45, 7) is 29.3. The summed E-state index contributed by atoms with van der Waals surface area (Å²) in [5.41, 5.74) is -6.39. The van der Waals surface area contributed by atoms with Crippen LogP contribution in [0.5, 0.6) is 0 Å². The van der Waals surface area contributed by atoms with Gasteiger partial charge in [-0.2, -0.15) is 0 Å². The van der Waals surface area contributed by atoms with E-state index in [9.17, 15) is 64.2 Å². The minimum atomic E-state index is -2.08. The van der Waals surface area contributed by atoms with Crippen LogP contribution in [0.4, 0.5) is 28.8 Å². The molecule has 3 saturated heterocycles. The summed E-state index contributed by atoms with van der Waals surface area (Å²) < 4.78 is 72.3. The fourth-order valence-corrected chi connectivity index (χ4v) is 11.4. The molecule has 0 aromatic rings. The van der Waals surface area contributed by atoms with Gasteiger partial charge in [0.25, 0.3) is 0 Å². The van der Waals surface area contributed by atoms with Crippen LogP contribution in [0.15, 0.2) is 24.3 Å². The van der Waals surface area contributed by atoms with Gasteiger partial charge in [-0.05, 0) is 170 Å². The Morgan fingerprint density at radius 1 is 0.369 bits per heavy atom. The van der Waals surface area contributed by atoms with E-state index in [4.69, 9.17) is 56.8 Å². The predicted molar refractivity (Wildman–Crippen MR) is 375 cm³/mol. The number of nitrogens with one attached hydrogen (secondary N) is 7. The van der Waals surface area contributed by atoms with Gasteiger partial charge in [-0.25, -0.2) is 28.8 Å². The number of carbonyl (C=O) groups excluding carboxylic acids is 7. The smallest absolute Gasteiger partial charge is 0.408 e. The van der Waals surface area contributed by atoms with Crippen LogP contribution in [-0.4, -0.2) is 243 Å². The number of carbonyl (C=O) groups is 7. The molecular formula is C71H125N7O25. The molecule has 103 heavy (non-hydrogen) atoms. The van der Waals surface area contributed by atoms with Crippen LogP contribution in [0, 0.1) is 0 Å². The first kappa shape index (κ1) is 89.5. The van der Waals surface area contributed by atoms with Gasteiger partial charge >= 0.3 is 36.6 Å². The van der Waals surface area contributed by atoms with E-state index in [2.05, 4.69) is 68.4 Å². The van der Waals surface area contributed by atoms with Gasteiger partial charge in [0.05, 0.1) is 12.1 Å². The Balaban J connectivity index is 1.86. The van der Waals surface area contributed by atoms with Gasteiger partial charge in [0.2, 0.25) is 5.91 Å². The van der Waals surface area contributed by atoms with Crippen molar-refractivity contribution in [3.63, 3.8) is 0 Å². The Hall–Kier alpha value is -5.91. The van der Waals surface area contributed by atoms with E-state index in [0.717, 1.165) is 44.9 Å². The van der Waals surface area contributed by atoms with E-state index in [1.807, 2.05) is 0 Å². The Bertz CT molecular complexity index is 2720. The molecule has 32 heteroatoms. The van der Waals surface area contributed by atoms with Crippen molar-refractivity contribution >= 4 is 42.5 Å². The number of amides is 7. The highest BCUT2D eigenvalue weighted by Gasteiger charge is 2.57. The fraction of sp³-hybridized carbons (Fsp3) is 0.845. The monoisotopic (exact) mass is 1480 g/mol. The fourth-order valence-electron chi connectivity index (χ4n) is 11.4. The lowest BCUT2D eigenvalue weighted by Gasteiger charge is -2.49. The van der Waals surface area contributed by atoms with E-state index in [0.29, 0.717) is 6.42 Å². The minimum Gasteiger partial charge on any atom is -0.444 e. The average molecular weight is 1480 g/mol.